The predicted octanol–water partition coefficient (Wildman–Crippen LogP) is 3.98. The molecule has 0 aromatic heterocycles. The van der Waals surface area contributed by atoms with Gasteiger partial charge in [-0.1, -0.05) is 22.0 Å². The third-order valence-corrected chi connectivity index (χ3v) is 5.02. The van der Waals surface area contributed by atoms with Crippen LogP contribution in [0.25, 0.3) is 0 Å². The summed E-state index contributed by atoms with van der Waals surface area (Å²) in [6.45, 7) is 6.98. The van der Waals surface area contributed by atoms with Gasteiger partial charge in [0.15, 0.2) is 0 Å². The van der Waals surface area contributed by atoms with Gasteiger partial charge in [0, 0.05) is 11.1 Å². The van der Waals surface area contributed by atoms with E-state index < -0.39 is 6.10 Å². The van der Waals surface area contributed by atoms with E-state index in [1.807, 2.05) is 0 Å². The van der Waals surface area contributed by atoms with Gasteiger partial charge in [-0.15, -0.1) is 0 Å². The summed E-state index contributed by atoms with van der Waals surface area (Å²) in [4.78, 5) is 0. The summed E-state index contributed by atoms with van der Waals surface area (Å²) >= 11 is 3.60. The fourth-order valence-corrected chi connectivity index (χ4v) is 3.16. The van der Waals surface area contributed by atoms with Crippen molar-refractivity contribution in [2.75, 3.05) is 6.61 Å². The summed E-state index contributed by atoms with van der Waals surface area (Å²) in [6.07, 6.45) is 2.64. The van der Waals surface area contributed by atoms with Gasteiger partial charge in [-0.25, -0.2) is 0 Å². The summed E-state index contributed by atoms with van der Waals surface area (Å²) in [6, 6.07) is 2.12. The Bertz CT molecular complexity index is 437. The molecule has 2 rings (SSSR count). The maximum Gasteiger partial charge on any atom is 0.106 e. The molecule has 2 atom stereocenters. The fourth-order valence-electron chi connectivity index (χ4n) is 2.83. The van der Waals surface area contributed by atoms with Crippen molar-refractivity contribution in [1.82, 2.24) is 0 Å². The minimum absolute atomic E-state index is 0.0502. The summed E-state index contributed by atoms with van der Waals surface area (Å²) in [5.41, 5.74) is 4.52. The van der Waals surface area contributed by atoms with Crippen molar-refractivity contribution in [3.8, 4) is 0 Å². The molecule has 1 aliphatic heterocycles. The molecule has 1 saturated heterocycles. The SMILES string of the molecule is Cc1cc(C)c(C(O)C2CCCCO2)c(C)c1Br. The molecule has 1 aliphatic rings. The van der Waals surface area contributed by atoms with E-state index in [-0.39, 0.29) is 6.10 Å². The number of aryl methyl sites for hydroxylation is 2. The summed E-state index contributed by atoms with van der Waals surface area (Å²) in [5.74, 6) is 0. The molecule has 0 bridgehead atoms. The molecule has 0 saturated carbocycles. The van der Waals surface area contributed by atoms with E-state index >= 15 is 0 Å². The number of hydrogen-bond donors (Lipinski definition) is 1. The van der Waals surface area contributed by atoms with E-state index in [1.54, 1.807) is 0 Å². The average Bonchev–Trinajstić information content (AvgIpc) is 2.37. The van der Waals surface area contributed by atoms with E-state index in [9.17, 15) is 5.11 Å². The highest BCUT2D eigenvalue weighted by Crippen LogP contribution is 2.35. The van der Waals surface area contributed by atoms with Crippen LogP contribution in [0.4, 0.5) is 0 Å². The Labute approximate surface area is 117 Å². The van der Waals surface area contributed by atoms with Crippen molar-refractivity contribution in [2.45, 2.75) is 52.2 Å². The van der Waals surface area contributed by atoms with Crippen LogP contribution in [-0.2, 0) is 4.74 Å². The maximum absolute atomic E-state index is 10.6. The molecule has 0 amide bonds. The Hall–Kier alpha value is -0.380. The van der Waals surface area contributed by atoms with E-state index in [0.29, 0.717) is 0 Å². The maximum atomic E-state index is 10.6. The lowest BCUT2D eigenvalue weighted by molar-refractivity contribution is -0.0637. The van der Waals surface area contributed by atoms with Gasteiger partial charge < -0.3 is 9.84 Å². The van der Waals surface area contributed by atoms with Crippen LogP contribution in [-0.4, -0.2) is 17.8 Å². The van der Waals surface area contributed by atoms with Gasteiger partial charge in [-0.2, -0.15) is 0 Å². The zero-order valence-electron chi connectivity index (χ0n) is 11.3. The number of rotatable bonds is 2. The quantitative estimate of drug-likeness (QED) is 0.895. The molecule has 2 unspecified atom stereocenters. The fraction of sp³-hybridized carbons (Fsp3) is 0.600. The van der Waals surface area contributed by atoms with E-state index in [1.165, 1.54) is 5.56 Å². The lowest BCUT2D eigenvalue weighted by Crippen LogP contribution is -2.27. The molecule has 0 aliphatic carbocycles. The number of hydrogen-bond acceptors (Lipinski definition) is 2. The molecule has 0 spiro atoms. The van der Waals surface area contributed by atoms with Crippen LogP contribution in [0, 0.1) is 20.8 Å². The first-order chi connectivity index (χ1) is 8.52. The van der Waals surface area contributed by atoms with E-state index in [4.69, 9.17) is 4.74 Å². The Kier molecular flexibility index (Phi) is 4.46. The van der Waals surface area contributed by atoms with Gasteiger partial charge in [0.25, 0.3) is 0 Å². The normalized spacial score (nSPS) is 21.9. The first-order valence-electron chi connectivity index (χ1n) is 6.58. The standard InChI is InChI=1S/C15H21BrO2/c1-9-8-10(2)14(16)11(3)13(9)15(17)12-6-4-5-7-18-12/h8,12,15,17H,4-7H2,1-3H3. The number of ether oxygens (including phenoxy) is 1. The topological polar surface area (TPSA) is 29.5 Å². The molecule has 1 aromatic rings. The van der Waals surface area contributed by atoms with Crippen LogP contribution < -0.4 is 0 Å². The van der Waals surface area contributed by atoms with Crippen molar-refractivity contribution in [2.24, 2.45) is 0 Å². The highest BCUT2D eigenvalue weighted by molar-refractivity contribution is 9.10. The predicted molar refractivity (Wildman–Crippen MR) is 76.9 cm³/mol. The molecule has 1 fully saturated rings. The molecule has 100 valence electrons. The first-order valence-corrected chi connectivity index (χ1v) is 7.37. The Morgan fingerprint density at radius 3 is 2.61 bits per heavy atom. The van der Waals surface area contributed by atoms with Gasteiger partial charge in [0.2, 0.25) is 0 Å². The molecule has 1 aromatic carbocycles. The van der Waals surface area contributed by atoms with Crippen molar-refractivity contribution in [1.29, 1.82) is 0 Å². The molecule has 18 heavy (non-hydrogen) atoms. The first kappa shape index (κ1) is 14.0. The van der Waals surface area contributed by atoms with Crippen LogP contribution >= 0.6 is 15.9 Å². The van der Waals surface area contributed by atoms with Gasteiger partial charge in [-0.05, 0) is 62.3 Å². The number of aliphatic hydroxyl groups is 1. The van der Waals surface area contributed by atoms with Crippen LogP contribution in [0.5, 0.6) is 0 Å². The summed E-state index contributed by atoms with van der Waals surface area (Å²) in [7, 11) is 0. The lowest BCUT2D eigenvalue weighted by Gasteiger charge is -2.29. The van der Waals surface area contributed by atoms with Gasteiger partial charge in [0.1, 0.15) is 6.10 Å². The minimum atomic E-state index is -0.512. The molecule has 0 radical (unpaired) electrons. The number of halogens is 1. The Morgan fingerprint density at radius 1 is 1.28 bits per heavy atom. The monoisotopic (exact) mass is 312 g/mol. The van der Waals surface area contributed by atoms with Gasteiger partial charge >= 0.3 is 0 Å². The largest absolute Gasteiger partial charge is 0.386 e. The van der Waals surface area contributed by atoms with Gasteiger partial charge in [-0.3, -0.25) is 0 Å². The van der Waals surface area contributed by atoms with Crippen molar-refractivity contribution < 1.29 is 9.84 Å². The molecular formula is C15H21BrO2. The second kappa shape index (κ2) is 5.72. The van der Waals surface area contributed by atoms with Crippen LogP contribution in [0.1, 0.15) is 47.6 Å². The minimum Gasteiger partial charge on any atom is -0.386 e. The van der Waals surface area contributed by atoms with Crippen molar-refractivity contribution in [3.63, 3.8) is 0 Å². The molecule has 3 heteroatoms. The highest BCUT2D eigenvalue weighted by Gasteiger charge is 2.27. The average molecular weight is 313 g/mol. The molecule has 1 N–H and O–H groups in total. The van der Waals surface area contributed by atoms with Crippen LogP contribution in [0.15, 0.2) is 10.5 Å². The second-order valence-corrected chi connectivity index (χ2v) is 6.01. The zero-order chi connectivity index (χ0) is 13.3. The highest BCUT2D eigenvalue weighted by atomic mass is 79.9. The Morgan fingerprint density at radius 2 is 2.00 bits per heavy atom. The summed E-state index contributed by atoms with van der Waals surface area (Å²) < 4.78 is 6.80. The van der Waals surface area contributed by atoms with Crippen molar-refractivity contribution in [3.05, 3.63) is 32.8 Å². The third-order valence-electron chi connectivity index (χ3n) is 3.80. The zero-order valence-corrected chi connectivity index (χ0v) is 12.9. The summed E-state index contributed by atoms with van der Waals surface area (Å²) in [5, 5.41) is 10.6. The lowest BCUT2D eigenvalue weighted by atomic mass is 9.90. The smallest absolute Gasteiger partial charge is 0.106 e. The van der Waals surface area contributed by atoms with E-state index in [2.05, 4.69) is 42.8 Å². The second-order valence-electron chi connectivity index (χ2n) is 5.21. The van der Waals surface area contributed by atoms with Crippen LogP contribution in [0.3, 0.4) is 0 Å². The molecule has 2 nitrogen and oxygen atoms in total. The molecule has 1 heterocycles. The van der Waals surface area contributed by atoms with Crippen molar-refractivity contribution >= 4 is 15.9 Å². The van der Waals surface area contributed by atoms with E-state index in [0.717, 1.165) is 47.0 Å². The third kappa shape index (κ3) is 2.63. The molecular weight excluding hydrogens is 292 g/mol. The number of benzene rings is 1. The van der Waals surface area contributed by atoms with Gasteiger partial charge in [0.05, 0.1) is 6.10 Å². The van der Waals surface area contributed by atoms with Crippen LogP contribution in [0.2, 0.25) is 0 Å². The Balaban J connectivity index is 2.34. The number of aliphatic hydroxyl groups excluding tert-OH is 1.